The van der Waals surface area contributed by atoms with Gasteiger partial charge in [0.05, 0.1) is 18.4 Å². The maximum Gasteiger partial charge on any atom is 0.282 e. The van der Waals surface area contributed by atoms with Crippen LogP contribution in [0.25, 0.3) is 5.57 Å². The van der Waals surface area contributed by atoms with Crippen molar-refractivity contribution in [1.82, 2.24) is 4.90 Å². The van der Waals surface area contributed by atoms with E-state index in [1.807, 2.05) is 56.3 Å². The minimum atomic E-state index is -0.264. The van der Waals surface area contributed by atoms with E-state index in [-0.39, 0.29) is 11.8 Å². The molecule has 1 saturated heterocycles. The highest BCUT2D eigenvalue weighted by Gasteiger charge is 2.43. The molecule has 0 bridgehead atoms. The first kappa shape index (κ1) is 18.3. The van der Waals surface area contributed by atoms with E-state index >= 15 is 0 Å². The topological polar surface area (TPSA) is 49.9 Å². The number of methoxy groups -OCH3 is 1. The molecule has 2 heterocycles. The van der Waals surface area contributed by atoms with E-state index in [0.29, 0.717) is 17.0 Å². The van der Waals surface area contributed by atoms with Gasteiger partial charge in [0.25, 0.3) is 11.8 Å². The summed E-state index contributed by atoms with van der Waals surface area (Å²) in [4.78, 5) is 30.2. The van der Waals surface area contributed by atoms with Gasteiger partial charge in [-0.2, -0.15) is 0 Å². The molecule has 0 aliphatic carbocycles. The van der Waals surface area contributed by atoms with Gasteiger partial charge < -0.3 is 9.64 Å². The number of nitrogens with zero attached hydrogens (tertiary/aromatic N) is 2. The summed E-state index contributed by atoms with van der Waals surface area (Å²) in [5.74, 6) is 0.219. The number of carbonyl (C=O) groups excluding carboxylic acids is 2. The van der Waals surface area contributed by atoms with Crippen molar-refractivity contribution in [2.45, 2.75) is 26.7 Å². The molecule has 2 aliphatic rings. The minimum Gasteiger partial charge on any atom is -0.497 e. The highest BCUT2D eigenvalue weighted by atomic mass is 16.5. The highest BCUT2D eigenvalue weighted by Crippen LogP contribution is 2.36. The fourth-order valence-electron chi connectivity index (χ4n) is 3.87. The second-order valence-electron chi connectivity index (χ2n) is 7.36. The number of likely N-dealkylation sites (tertiary alicyclic amines) is 1. The van der Waals surface area contributed by atoms with E-state index in [4.69, 9.17) is 4.74 Å². The number of benzene rings is 2. The van der Waals surface area contributed by atoms with Gasteiger partial charge in [-0.15, -0.1) is 0 Å². The smallest absolute Gasteiger partial charge is 0.282 e. The van der Waals surface area contributed by atoms with Crippen LogP contribution in [0.3, 0.4) is 0 Å². The van der Waals surface area contributed by atoms with Crippen LogP contribution in [0.4, 0.5) is 5.69 Å². The van der Waals surface area contributed by atoms with Crippen molar-refractivity contribution in [2.24, 2.45) is 0 Å². The van der Waals surface area contributed by atoms with Gasteiger partial charge in [-0.3, -0.25) is 9.59 Å². The van der Waals surface area contributed by atoms with Crippen molar-refractivity contribution in [3.8, 4) is 5.75 Å². The fourth-order valence-corrected chi connectivity index (χ4v) is 3.87. The zero-order chi connectivity index (χ0) is 19.8. The van der Waals surface area contributed by atoms with Crippen LogP contribution in [0.2, 0.25) is 0 Å². The van der Waals surface area contributed by atoms with Gasteiger partial charge in [0, 0.05) is 13.1 Å². The molecule has 144 valence electrons. The first-order valence-electron chi connectivity index (χ1n) is 9.61. The quantitative estimate of drug-likeness (QED) is 0.764. The number of anilines is 1. The van der Waals surface area contributed by atoms with Gasteiger partial charge >= 0.3 is 0 Å². The van der Waals surface area contributed by atoms with Crippen molar-refractivity contribution < 1.29 is 14.3 Å². The number of carbonyl (C=O) groups is 2. The lowest BCUT2D eigenvalue weighted by molar-refractivity contribution is -0.120. The molecule has 2 aromatic rings. The summed E-state index contributed by atoms with van der Waals surface area (Å²) < 4.78 is 5.23. The number of hydrogen-bond acceptors (Lipinski definition) is 4. The summed E-state index contributed by atoms with van der Waals surface area (Å²) in [7, 11) is 1.61. The van der Waals surface area contributed by atoms with Crippen LogP contribution < -0.4 is 9.64 Å². The van der Waals surface area contributed by atoms with Crippen LogP contribution in [-0.4, -0.2) is 36.9 Å². The number of amides is 2. The molecular formula is C23H24N2O3. The molecule has 5 heteroatoms. The molecule has 0 saturated carbocycles. The van der Waals surface area contributed by atoms with Gasteiger partial charge in [0.15, 0.2) is 0 Å². The van der Waals surface area contributed by atoms with E-state index in [2.05, 4.69) is 4.90 Å². The lowest BCUT2D eigenvalue weighted by Crippen LogP contribution is -2.34. The molecule has 0 unspecified atom stereocenters. The van der Waals surface area contributed by atoms with E-state index in [0.717, 1.165) is 48.4 Å². The Bertz CT molecular complexity index is 970. The third-order valence-corrected chi connectivity index (χ3v) is 5.61. The summed E-state index contributed by atoms with van der Waals surface area (Å²) in [5, 5.41) is 0. The third kappa shape index (κ3) is 2.97. The van der Waals surface area contributed by atoms with Crippen LogP contribution in [0, 0.1) is 13.8 Å². The van der Waals surface area contributed by atoms with Gasteiger partial charge in [0.1, 0.15) is 11.4 Å². The fraction of sp³-hybridized carbons (Fsp3) is 0.304. The highest BCUT2D eigenvalue weighted by molar-refractivity contribution is 6.45. The van der Waals surface area contributed by atoms with Crippen LogP contribution >= 0.6 is 0 Å². The van der Waals surface area contributed by atoms with Crippen LogP contribution in [0.1, 0.15) is 29.5 Å². The first-order valence-corrected chi connectivity index (χ1v) is 9.61. The molecular weight excluding hydrogens is 352 g/mol. The zero-order valence-corrected chi connectivity index (χ0v) is 16.5. The number of aryl methyl sites for hydroxylation is 2. The zero-order valence-electron chi connectivity index (χ0n) is 16.5. The molecule has 5 nitrogen and oxygen atoms in total. The first-order chi connectivity index (χ1) is 13.5. The second-order valence-corrected chi connectivity index (χ2v) is 7.36. The number of rotatable bonds is 4. The predicted molar refractivity (Wildman–Crippen MR) is 109 cm³/mol. The molecule has 2 aromatic carbocycles. The van der Waals surface area contributed by atoms with Crippen LogP contribution in [-0.2, 0) is 9.59 Å². The van der Waals surface area contributed by atoms with Crippen LogP contribution in [0.5, 0.6) is 5.75 Å². The molecule has 4 rings (SSSR count). The Kier molecular flexibility index (Phi) is 4.67. The summed E-state index contributed by atoms with van der Waals surface area (Å²) >= 11 is 0. The van der Waals surface area contributed by atoms with E-state index < -0.39 is 0 Å². The van der Waals surface area contributed by atoms with Crippen LogP contribution in [0.15, 0.2) is 48.2 Å². The molecule has 28 heavy (non-hydrogen) atoms. The molecule has 0 N–H and O–H groups in total. The Morgan fingerprint density at radius 2 is 1.54 bits per heavy atom. The summed E-state index contributed by atoms with van der Waals surface area (Å²) in [6, 6.07) is 13.0. The predicted octanol–water partition coefficient (Wildman–Crippen LogP) is 3.69. The molecule has 1 fully saturated rings. The molecule has 0 spiro atoms. The SMILES string of the molecule is COc1ccc(C2=C(N3CCCC3)C(=O)N(c3ccc(C)c(C)c3)C2=O)cc1. The van der Waals surface area contributed by atoms with Gasteiger partial charge in [0.2, 0.25) is 0 Å². The average Bonchev–Trinajstić information content (AvgIpc) is 3.30. The molecule has 2 aliphatic heterocycles. The average molecular weight is 376 g/mol. The summed E-state index contributed by atoms with van der Waals surface area (Å²) in [6.45, 7) is 5.61. The Hall–Kier alpha value is -3.08. The lowest BCUT2D eigenvalue weighted by atomic mass is 10.0. The molecule has 0 aromatic heterocycles. The number of imide groups is 1. The van der Waals surface area contributed by atoms with E-state index in [1.54, 1.807) is 7.11 Å². The Balaban J connectivity index is 1.81. The van der Waals surface area contributed by atoms with Crippen molar-refractivity contribution in [2.75, 3.05) is 25.1 Å². The number of ether oxygens (including phenoxy) is 1. The Morgan fingerprint density at radius 1 is 0.857 bits per heavy atom. The molecule has 2 amide bonds. The maximum atomic E-state index is 13.4. The molecule has 0 atom stereocenters. The van der Waals surface area contributed by atoms with E-state index in [1.165, 1.54) is 4.90 Å². The second kappa shape index (κ2) is 7.15. The monoisotopic (exact) mass is 376 g/mol. The van der Waals surface area contributed by atoms with Crippen molar-refractivity contribution in [3.63, 3.8) is 0 Å². The van der Waals surface area contributed by atoms with Crippen molar-refractivity contribution in [1.29, 1.82) is 0 Å². The lowest BCUT2D eigenvalue weighted by Gasteiger charge is -2.20. The Morgan fingerprint density at radius 3 is 2.14 bits per heavy atom. The van der Waals surface area contributed by atoms with Gasteiger partial charge in [-0.1, -0.05) is 18.2 Å². The van der Waals surface area contributed by atoms with Crippen molar-refractivity contribution in [3.05, 3.63) is 64.9 Å². The van der Waals surface area contributed by atoms with Crippen molar-refractivity contribution >= 4 is 23.1 Å². The third-order valence-electron chi connectivity index (χ3n) is 5.61. The van der Waals surface area contributed by atoms with Gasteiger partial charge in [-0.25, -0.2) is 4.90 Å². The number of hydrogen-bond donors (Lipinski definition) is 0. The molecule has 0 radical (unpaired) electrons. The van der Waals surface area contributed by atoms with Gasteiger partial charge in [-0.05, 0) is 67.6 Å². The summed E-state index contributed by atoms with van der Waals surface area (Å²) in [5.41, 5.74) is 4.55. The maximum absolute atomic E-state index is 13.4. The standard InChI is InChI=1S/C23H24N2O3/c1-15-6-9-18(14-16(15)2)25-22(26)20(17-7-10-19(28-3)11-8-17)21(23(25)27)24-12-4-5-13-24/h6-11,14H,4-5,12-13H2,1-3H3. The normalized spacial score (nSPS) is 17.1. The Labute approximate surface area is 165 Å². The summed E-state index contributed by atoms with van der Waals surface area (Å²) in [6.07, 6.45) is 2.06. The minimum absolute atomic E-state index is 0.235. The largest absolute Gasteiger partial charge is 0.497 e. The van der Waals surface area contributed by atoms with E-state index in [9.17, 15) is 9.59 Å².